The maximum Gasteiger partial charge on any atom is 0.125 e. The molecule has 1 aromatic carbocycles. The van der Waals surface area contributed by atoms with Gasteiger partial charge < -0.3 is 20.3 Å². The van der Waals surface area contributed by atoms with E-state index in [1.54, 1.807) is 13.3 Å². The van der Waals surface area contributed by atoms with Gasteiger partial charge in [0, 0.05) is 49.8 Å². The van der Waals surface area contributed by atoms with Gasteiger partial charge in [0.2, 0.25) is 0 Å². The van der Waals surface area contributed by atoms with E-state index >= 15 is 0 Å². The zero-order valence-corrected chi connectivity index (χ0v) is 12.2. The number of nitrogens with zero attached hydrogens (tertiary/aromatic N) is 3. The number of benzene rings is 1. The molecule has 2 aromatic rings. The van der Waals surface area contributed by atoms with Crippen molar-refractivity contribution in [1.29, 1.82) is 0 Å². The molecule has 0 unspecified atom stereocenters. The smallest absolute Gasteiger partial charge is 0.125 e. The molecule has 0 spiro atoms. The van der Waals surface area contributed by atoms with Gasteiger partial charge in [-0.15, -0.1) is 0 Å². The third kappa shape index (κ3) is 3.02. The fourth-order valence-electron chi connectivity index (χ4n) is 2.65. The van der Waals surface area contributed by atoms with Crippen LogP contribution in [-0.2, 0) is 0 Å². The third-order valence-electron chi connectivity index (χ3n) is 3.85. The van der Waals surface area contributed by atoms with Gasteiger partial charge in [0.25, 0.3) is 0 Å². The Kier molecular flexibility index (Phi) is 3.81. The number of hydrogen-bond acceptors (Lipinski definition) is 5. The van der Waals surface area contributed by atoms with Gasteiger partial charge in [0.1, 0.15) is 11.6 Å². The van der Waals surface area contributed by atoms with Gasteiger partial charge in [-0.2, -0.15) is 0 Å². The Hall–Kier alpha value is -2.43. The van der Waals surface area contributed by atoms with Crippen LogP contribution in [0.15, 0.2) is 42.6 Å². The van der Waals surface area contributed by atoms with Crippen LogP contribution in [0.4, 0.5) is 17.2 Å². The van der Waals surface area contributed by atoms with E-state index in [0.717, 1.165) is 37.6 Å². The molecule has 0 bridgehead atoms. The molecule has 1 fully saturated rings. The minimum atomic E-state index is 0.574. The van der Waals surface area contributed by atoms with Crippen molar-refractivity contribution in [2.75, 3.05) is 48.8 Å². The molecule has 2 N–H and O–H groups in total. The Labute approximate surface area is 125 Å². The van der Waals surface area contributed by atoms with E-state index in [2.05, 4.69) is 26.9 Å². The summed E-state index contributed by atoms with van der Waals surface area (Å²) in [4.78, 5) is 8.78. The highest BCUT2D eigenvalue weighted by Gasteiger charge is 2.17. The lowest BCUT2D eigenvalue weighted by Crippen LogP contribution is -2.46. The maximum atomic E-state index is 5.75. The SMILES string of the molecule is COc1ccc(N2CCN(c3ccnc(N)c3)CC2)cc1. The first-order chi connectivity index (χ1) is 10.3. The summed E-state index contributed by atoms with van der Waals surface area (Å²) < 4.78 is 5.20. The first-order valence-electron chi connectivity index (χ1n) is 7.12. The fourth-order valence-corrected chi connectivity index (χ4v) is 2.65. The normalized spacial score (nSPS) is 15.1. The molecule has 0 saturated carbocycles. The van der Waals surface area contributed by atoms with Crippen LogP contribution < -0.4 is 20.3 Å². The van der Waals surface area contributed by atoms with E-state index in [4.69, 9.17) is 10.5 Å². The molecule has 5 heteroatoms. The van der Waals surface area contributed by atoms with Crippen molar-refractivity contribution in [2.24, 2.45) is 0 Å². The van der Waals surface area contributed by atoms with Crippen molar-refractivity contribution >= 4 is 17.2 Å². The van der Waals surface area contributed by atoms with Crippen molar-refractivity contribution < 1.29 is 4.74 Å². The Morgan fingerprint density at radius 3 is 2.14 bits per heavy atom. The van der Waals surface area contributed by atoms with Gasteiger partial charge in [-0.25, -0.2) is 4.98 Å². The molecule has 0 aliphatic carbocycles. The lowest BCUT2D eigenvalue weighted by molar-refractivity contribution is 0.415. The summed E-state index contributed by atoms with van der Waals surface area (Å²) in [5.74, 6) is 1.47. The molecule has 1 saturated heterocycles. The number of piperazine rings is 1. The molecule has 0 radical (unpaired) electrons. The third-order valence-corrected chi connectivity index (χ3v) is 3.85. The number of anilines is 3. The molecular weight excluding hydrogens is 264 g/mol. The predicted octanol–water partition coefficient (Wildman–Crippen LogP) is 2.00. The van der Waals surface area contributed by atoms with E-state index < -0.39 is 0 Å². The van der Waals surface area contributed by atoms with Crippen molar-refractivity contribution in [3.8, 4) is 5.75 Å². The second kappa shape index (κ2) is 5.91. The van der Waals surface area contributed by atoms with E-state index in [-0.39, 0.29) is 0 Å². The second-order valence-corrected chi connectivity index (χ2v) is 5.11. The summed E-state index contributed by atoms with van der Waals surface area (Å²) in [5, 5.41) is 0. The van der Waals surface area contributed by atoms with E-state index in [1.165, 1.54) is 5.69 Å². The summed E-state index contributed by atoms with van der Waals surface area (Å²) in [7, 11) is 1.69. The number of hydrogen-bond donors (Lipinski definition) is 1. The Bertz CT molecular complexity index is 591. The molecule has 1 aromatic heterocycles. The molecule has 0 amide bonds. The highest BCUT2D eigenvalue weighted by Crippen LogP contribution is 2.23. The van der Waals surface area contributed by atoms with Crippen LogP contribution in [0, 0.1) is 0 Å². The van der Waals surface area contributed by atoms with E-state index in [0.29, 0.717) is 5.82 Å². The lowest BCUT2D eigenvalue weighted by atomic mass is 10.2. The Morgan fingerprint density at radius 1 is 0.952 bits per heavy atom. The molecular formula is C16H20N4O. The van der Waals surface area contributed by atoms with Crippen LogP contribution in [-0.4, -0.2) is 38.3 Å². The first kappa shape index (κ1) is 13.5. The van der Waals surface area contributed by atoms with Crippen molar-refractivity contribution in [2.45, 2.75) is 0 Å². The largest absolute Gasteiger partial charge is 0.497 e. The highest BCUT2D eigenvalue weighted by atomic mass is 16.5. The highest BCUT2D eigenvalue weighted by molar-refractivity contribution is 5.55. The molecule has 110 valence electrons. The van der Waals surface area contributed by atoms with Gasteiger partial charge in [0.05, 0.1) is 7.11 Å². The minimum absolute atomic E-state index is 0.574. The standard InChI is InChI=1S/C16H20N4O/c1-21-15-4-2-13(3-5-15)19-8-10-20(11-9-19)14-6-7-18-16(17)12-14/h2-7,12H,8-11H2,1H3,(H2,17,18). The zero-order chi connectivity index (χ0) is 14.7. The maximum absolute atomic E-state index is 5.75. The lowest BCUT2D eigenvalue weighted by Gasteiger charge is -2.37. The quantitative estimate of drug-likeness (QED) is 0.934. The molecule has 0 atom stereocenters. The van der Waals surface area contributed by atoms with Gasteiger partial charge in [-0.1, -0.05) is 0 Å². The van der Waals surface area contributed by atoms with Gasteiger partial charge in [-0.3, -0.25) is 0 Å². The first-order valence-corrected chi connectivity index (χ1v) is 7.12. The van der Waals surface area contributed by atoms with Crippen LogP contribution in [0.3, 0.4) is 0 Å². The van der Waals surface area contributed by atoms with Crippen LogP contribution in [0.25, 0.3) is 0 Å². The molecule has 5 nitrogen and oxygen atoms in total. The zero-order valence-electron chi connectivity index (χ0n) is 12.2. The van der Waals surface area contributed by atoms with E-state index in [1.807, 2.05) is 24.3 Å². The summed E-state index contributed by atoms with van der Waals surface area (Å²) in [5.41, 5.74) is 8.14. The van der Waals surface area contributed by atoms with Crippen molar-refractivity contribution in [1.82, 2.24) is 4.98 Å². The van der Waals surface area contributed by atoms with Crippen molar-refractivity contribution in [3.63, 3.8) is 0 Å². The summed E-state index contributed by atoms with van der Waals surface area (Å²) in [6.07, 6.45) is 1.76. The number of nitrogen functional groups attached to an aromatic ring is 1. The molecule has 21 heavy (non-hydrogen) atoms. The van der Waals surface area contributed by atoms with E-state index in [9.17, 15) is 0 Å². The Balaban J connectivity index is 1.64. The van der Waals surface area contributed by atoms with Crippen molar-refractivity contribution in [3.05, 3.63) is 42.6 Å². The number of rotatable bonds is 3. The molecule has 1 aliphatic rings. The number of methoxy groups -OCH3 is 1. The van der Waals surface area contributed by atoms with Crippen LogP contribution in [0.5, 0.6) is 5.75 Å². The number of aromatic nitrogens is 1. The van der Waals surface area contributed by atoms with Gasteiger partial charge >= 0.3 is 0 Å². The van der Waals surface area contributed by atoms with Crippen LogP contribution in [0.1, 0.15) is 0 Å². The summed E-state index contributed by atoms with van der Waals surface area (Å²) in [6.45, 7) is 3.95. The molecule has 3 rings (SSSR count). The van der Waals surface area contributed by atoms with Crippen LogP contribution >= 0.6 is 0 Å². The minimum Gasteiger partial charge on any atom is -0.497 e. The number of nitrogens with two attached hydrogens (primary N) is 1. The summed E-state index contributed by atoms with van der Waals surface area (Å²) in [6, 6.07) is 12.2. The van der Waals surface area contributed by atoms with Gasteiger partial charge in [0.15, 0.2) is 0 Å². The van der Waals surface area contributed by atoms with Crippen LogP contribution in [0.2, 0.25) is 0 Å². The molecule has 1 aliphatic heterocycles. The second-order valence-electron chi connectivity index (χ2n) is 5.11. The number of pyridine rings is 1. The Morgan fingerprint density at radius 2 is 1.57 bits per heavy atom. The number of ether oxygens (including phenoxy) is 1. The monoisotopic (exact) mass is 284 g/mol. The average molecular weight is 284 g/mol. The van der Waals surface area contributed by atoms with Gasteiger partial charge in [-0.05, 0) is 30.3 Å². The molecule has 2 heterocycles. The fraction of sp³-hybridized carbons (Fsp3) is 0.312. The topological polar surface area (TPSA) is 54.6 Å². The summed E-state index contributed by atoms with van der Waals surface area (Å²) >= 11 is 0. The average Bonchev–Trinajstić information content (AvgIpc) is 2.55. The predicted molar refractivity (Wildman–Crippen MR) is 86.1 cm³/mol.